The van der Waals surface area contributed by atoms with Crippen molar-refractivity contribution in [1.29, 1.82) is 0 Å². The second-order valence-corrected chi connectivity index (χ2v) is 2.75. The average molecular weight is 234 g/mol. The van der Waals surface area contributed by atoms with Crippen LogP contribution in [0, 0.1) is 0 Å². The first kappa shape index (κ1) is 13.1. The van der Waals surface area contributed by atoms with Gasteiger partial charge in [-0.25, -0.2) is 0 Å². The van der Waals surface area contributed by atoms with E-state index in [1.807, 2.05) is 12.1 Å². The summed E-state index contributed by atoms with van der Waals surface area (Å²) in [6.07, 6.45) is 3.36. The van der Waals surface area contributed by atoms with Crippen molar-refractivity contribution in [2.24, 2.45) is 0 Å². The molecule has 6 heteroatoms. The Morgan fingerprint density at radius 3 is 2.93 bits per heavy atom. The standard InChI is InChI=1S/C8H11N3OS.ClH/c12-5-4-10-8(13)11-7-2-1-3-9-6-7;/h1-3,6,12H,4-5H2,(H2,10,11,13);1H. The fraction of sp³-hybridized carbons (Fsp3) is 0.250. The van der Waals surface area contributed by atoms with Gasteiger partial charge in [0.15, 0.2) is 5.11 Å². The quantitative estimate of drug-likeness (QED) is 0.674. The van der Waals surface area contributed by atoms with E-state index in [2.05, 4.69) is 15.6 Å². The first-order valence-corrected chi connectivity index (χ1v) is 4.29. The third-order valence-electron chi connectivity index (χ3n) is 1.32. The number of hydrogen-bond donors (Lipinski definition) is 3. The van der Waals surface area contributed by atoms with Crippen LogP contribution in [0.4, 0.5) is 5.69 Å². The number of halogens is 1. The Kier molecular flexibility index (Phi) is 7.00. The number of hydrogen-bond acceptors (Lipinski definition) is 3. The van der Waals surface area contributed by atoms with Crippen molar-refractivity contribution >= 4 is 35.4 Å². The molecule has 1 rings (SSSR count). The fourth-order valence-corrected chi connectivity index (χ4v) is 1.00. The van der Waals surface area contributed by atoms with Crippen LogP contribution in [0.15, 0.2) is 24.5 Å². The van der Waals surface area contributed by atoms with Gasteiger partial charge >= 0.3 is 0 Å². The van der Waals surface area contributed by atoms with Crippen molar-refractivity contribution in [2.75, 3.05) is 18.5 Å². The van der Waals surface area contributed by atoms with Crippen molar-refractivity contribution < 1.29 is 5.11 Å². The van der Waals surface area contributed by atoms with Gasteiger partial charge < -0.3 is 15.7 Å². The van der Waals surface area contributed by atoms with Gasteiger partial charge in [-0.15, -0.1) is 12.4 Å². The molecule has 0 bridgehead atoms. The number of aliphatic hydroxyl groups excluding tert-OH is 1. The molecule has 0 spiro atoms. The van der Waals surface area contributed by atoms with E-state index in [0.29, 0.717) is 11.7 Å². The number of nitrogens with zero attached hydrogens (tertiary/aromatic N) is 1. The lowest BCUT2D eigenvalue weighted by atomic mass is 10.4. The largest absolute Gasteiger partial charge is 0.395 e. The zero-order valence-electron chi connectivity index (χ0n) is 7.43. The Hall–Kier alpha value is -0.910. The molecule has 3 N–H and O–H groups in total. The summed E-state index contributed by atoms with van der Waals surface area (Å²) in [5, 5.41) is 14.8. The molecule has 0 radical (unpaired) electrons. The van der Waals surface area contributed by atoms with Crippen LogP contribution in [0.5, 0.6) is 0 Å². The Balaban J connectivity index is 0.00000169. The van der Waals surface area contributed by atoms with Gasteiger partial charge in [0.25, 0.3) is 0 Å². The summed E-state index contributed by atoms with van der Waals surface area (Å²) in [7, 11) is 0. The van der Waals surface area contributed by atoms with Crippen LogP contribution in [-0.2, 0) is 0 Å². The fourth-order valence-electron chi connectivity index (χ4n) is 0.781. The summed E-state index contributed by atoms with van der Waals surface area (Å²) in [5.74, 6) is 0. The van der Waals surface area contributed by atoms with E-state index >= 15 is 0 Å². The molecule has 0 amide bonds. The molecule has 14 heavy (non-hydrogen) atoms. The molecular formula is C8H12ClN3OS. The Morgan fingerprint density at radius 2 is 2.36 bits per heavy atom. The van der Waals surface area contributed by atoms with E-state index in [1.165, 1.54) is 0 Å². The minimum atomic E-state index is 0. The van der Waals surface area contributed by atoms with E-state index in [9.17, 15) is 0 Å². The summed E-state index contributed by atoms with van der Waals surface area (Å²) < 4.78 is 0. The van der Waals surface area contributed by atoms with Crippen molar-refractivity contribution in [2.45, 2.75) is 0 Å². The summed E-state index contributed by atoms with van der Waals surface area (Å²) in [4.78, 5) is 3.92. The number of rotatable bonds is 3. The van der Waals surface area contributed by atoms with E-state index in [1.54, 1.807) is 12.4 Å². The van der Waals surface area contributed by atoms with Crippen molar-refractivity contribution in [1.82, 2.24) is 10.3 Å². The summed E-state index contributed by atoms with van der Waals surface area (Å²) in [6, 6.07) is 3.68. The molecular weight excluding hydrogens is 222 g/mol. The highest BCUT2D eigenvalue weighted by molar-refractivity contribution is 7.80. The van der Waals surface area contributed by atoms with Gasteiger partial charge in [0.2, 0.25) is 0 Å². The van der Waals surface area contributed by atoms with Gasteiger partial charge in [-0.3, -0.25) is 4.98 Å². The number of aromatic nitrogens is 1. The summed E-state index contributed by atoms with van der Waals surface area (Å²) in [6.45, 7) is 0.515. The lowest BCUT2D eigenvalue weighted by Gasteiger charge is -2.08. The number of thiocarbonyl (C=S) groups is 1. The third kappa shape index (κ3) is 4.96. The minimum absolute atomic E-state index is 0. The number of aliphatic hydroxyl groups is 1. The van der Waals surface area contributed by atoms with Gasteiger partial charge in [0.05, 0.1) is 18.5 Å². The van der Waals surface area contributed by atoms with Gasteiger partial charge in [-0.05, 0) is 24.4 Å². The van der Waals surface area contributed by atoms with Crippen molar-refractivity contribution in [3.8, 4) is 0 Å². The molecule has 0 aromatic carbocycles. The van der Waals surface area contributed by atoms with Gasteiger partial charge in [0, 0.05) is 12.7 Å². The Morgan fingerprint density at radius 1 is 1.57 bits per heavy atom. The van der Waals surface area contributed by atoms with Crippen LogP contribution in [0.25, 0.3) is 0 Å². The molecule has 0 unspecified atom stereocenters. The van der Waals surface area contributed by atoms with Crippen LogP contribution in [-0.4, -0.2) is 28.4 Å². The molecule has 1 aromatic heterocycles. The molecule has 0 fully saturated rings. The Labute approximate surface area is 94.2 Å². The van der Waals surface area contributed by atoms with Crippen LogP contribution in [0.2, 0.25) is 0 Å². The molecule has 1 heterocycles. The maximum Gasteiger partial charge on any atom is 0.170 e. The molecule has 0 aliphatic heterocycles. The van der Waals surface area contributed by atoms with Crippen LogP contribution in [0.3, 0.4) is 0 Å². The maximum atomic E-state index is 8.52. The molecule has 1 aromatic rings. The van der Waals surface area contributed by atoms with E-state index in [0.717, 1.165) is 5.69 Å². The summed E-state index contributed by atoms with van der Waals surface area (Å²) in [5.41, 5.74) is 0.831. The van der Waals surface area contributed by atoms with E-state index < -0.39 is 0 Å². The van der Waals surface area contributed by atoms with Gasteiger partial charge in [-0.2, -0.15) is 0 Å². The normalized spacial score (nSPS) is 8.64. The highest BCUT2D eigenvalue weighted by atomic mass is 35.5. The lowest BCUT2D eigenvalue weighted by Crippen LogP contribution is -2.30. The number of anilines is 1. The second-order valence-electron chi connectivity index (χ2n) is 2.35. The van der Waals surface area contributed by atoms with Crippen molar-refractivity contribution in [3.63, 3.8) is 0 Å². The van der Waals surface area contributed by atoms with Crippen LogP contribution < -0.4 is 10.6 Å². The van der Waals surface area contributed by atoms with E-state index in [-0.39, 0.29) is 19.0 Å². The predicted octanol–water partition coefficient (Wildman–Crippen LogP) is 0.782. The molecule has 4 nitrogen and oxygen atoms in total. The zero-order valence-corrected chi connectivity index (χ0v) is 9.07. The Bertz CT molecular complexity index is 271. The molecule has 0 saturated carbocycles. The predicted molar refractivity (Wildman–Crippen MR) is 62.8 cm³/mol. The van der Waals surface area contributed by atoms with Gasteiger partial charge in [-0.1, -0.05) is 0 Å². The van der Waals surface area contributed by atoms with Crippen LogP contribution in [0.1, 0.15) is 0 Å². The monoisotopic (exact) mass is 233 g/mol. The minimum Gasteiger partial charge on any atom is -0.395 e. The third-order valence-corrected chi connectivity index (χ3v) is 1.56. The first-order chi connectivity index (χ1) is 6.33. The topological polar surface area (TPSA) is 57.2 Å². The highest BCUT2D eigenvalue weighted by Gasteiger charge is 1.94. The summed E-state index contributed by atoms with van der Waals surface area (Å²) >= 11 is 4.94. The van der Waals surface area contributed by atoms with Gasteiger partial charge in [0.1, 0.15) is 0 Å². The lowest BCUT2D eigenvalue weighted by molar-refractivity contribution is 0.301. The molecule has 0 saturated heterocycles. The number of nitrogens with one attached hydrogen (secondary N) is 2. The first-order valence-electron chi connectivity index (χ1n) is 3.88. The molecule has 78 valence electrons. The molecule has 0 atom stereocenters. The zero-order chi connectivity index (χ0) is 9.52. The molecule has 0 aliphatic carbocycles. The number of pyridine rings is 1. The maximum absolute atomic E-state index is 8.52. The molecule has 0 aliphatic rings. The van der Waals surface area contributed by atoms with E-state index in [4.69, 9.17) is 17.3 Å². The second kappa shape index (κ2) is 7.49. The van der Waals surface area contributed by atoms with Crippen molar-refractivity contribution in [3.05, 3.63) is 24.5 Å². The van der Waals surface area contributed by atoms with Crippen LogP contribution >= 0.6 is 24.6 Å². The average Bonchev–Trinajstić information content (AvgIpc) is 2.16. The smallest absolute Gasteiger partial charge is 0.170 e. The SMILES string of the molecule is Cl.OCCNC(=S)Nc1cccnc1. The highest BCUT2D eigenvalue weighted by Crippen LogP contribution is 2.01.